The number of nitrogens with zero attached hydrogens (tertiary/aromatic N) is 4. The Labute approximate surface area is 210 Å². The van der Waals surface area contributed by atoms with Crippen LogP contribution >= 0.6 is 0 Å². The maximum absolute atomic E-state index is 15.2. The van der Waals surface area contributed by atoms with Crippen LogP contribution < -0.4 is 4.74 Å². The first-order valence-electron chi connectivity index (χ1n) is 11.8. The molecular weight excluding hydrogens is 488 g/mol. The smallest absolute Gasteiger partial charge is 0.406 e. The minimum atomic E-state index is -4.81. The van der Waals surface area contributed by atoms with E-state index < -0.39 is 12.0 Å². The van der Waals surface area contributed by atoms with Crippen LogP contribution in [0.4, 0.5) is 17.6 Å². The van der Waals surface area contributed by atoms with Crippen LogP contribution in [-0.2, 0) is 5.67 Å². The van der Waals surface area contributed by atoms with Gasteiger partial charge < -0.3 is 9.64 Å². The van der Waals surface area contributed by atoms with E-state index in [-0.39, 0.29) is 23.4 Å². The number of hydrogen-bond donors (Lipinski definition) is 0. The van der Waals surface area contributed by atoms with E-state index in [1.807, 2.05) is 18.3 Å². The molecule has 192 valence electrons. The van der Waals surface area contributed by atoms with Gasteiger partial charge in [0.15, 0.2) is 11.5 Å². The first kappa shape index (κ1) is 24.7. The van der Waals surface area contributed by atoms with Crippen LogP contribution in [0.1, 0.15) is 47.9 Å². The lowest BCUT2D eigenvalue weighted by atomic mass is 10.0. The summed E-state index contributed by atoms with van der Waals surface area (Å²) in [5.74, 6) is -0.249. The summed E-state index contributed by atoms with van der Waals surface area (Å²) in [7, 11) is 0. The third kappa shape index (κ3) is 5.14. The lowest BCUT2D eigenvalue weighted by Crippen LogP contribution is -2.28. The largest absolute Gasteiger partial charge is 0.573 e. The molecule has 1 aliphatic heterocycles. The summed E-state index contributed by atoms with van der Waals surface area (Å²) in [4.78, 5) is 23.7. The summed E-state index contributed by atoms with van der Waals surface area (Å²) >= 11 is 0. The highest BCUT2D eigenvalue weighted by molar-refractivity contribution is 5.98. The minimum Gasteiger partial charge on any atom is -0.406 e. The van der Waals surface area contributed by atoms with Gasteiger partial charge >= 0.3 is 6.36 Å². The Kier molecular flexibility index (Phi) is 6.13. The monoisotopic (exact) mass is 512 g/mol. The summed E-state index contributed by atoms with van der Waals surface area (Å²) < 4.78 is 58.3. The summed E-state index contributed by atoms with van der Waals surface area (Å²) in [5.41, 5.74) is 1.00. The van der Waals surface area contributed by atoms with Gasteiger partial charge in [-0.1, -0.05) is 6.07 Å². The molecule has 1 atom stereocenters. The van der Waals surface area contributed by atoms with Crippen LogP contribution in [-0.4, -0.2) is 44.8 Å². The number of benzene rings is 2. The highest BCUT2D eigenvalue weighted by atomic mass is 19.4. The molecule has 37 heavy (non-hydrogen) atoms. The molecule has 5 rings (SSSR count). The summed E-state index contributed by atoms with van der Waals surface area (Å²) in [5, 5.41) is 0. The Morgan fingerprint density at radius 3 is 2.46 bits per heavy atom. The van der Waals surface area contributed by atoms with E-state index in [4.69, 9.17) is 0 Å². The molecule has 2 aromatic carbocycles. The molecule has 2 aromatic heterocycles. The molecule has 1 aliphatic rings. The number of pyridine rings is 1. The minimum absolute atomic E-state index is 0.0643. The number of carbonyl (C=O) groups is 1. The summed E-state index contributed by atoms with van der Waals surface area (Å²) in [6.07, 6.45) is -0.444. The van der Waals surface area contributed by atoms with Gasteiger partial charge in [-0.05, 0) is 74.4 Å². The van der Waals surface area contributed by atoms with Gasteiger partial charge in [-0.15, -0.1) is 13.2 Å². The van der Waals surface area contributed by atoms with Gasteiger partial charge in [0.25, 0.3) is 5.91 Å². The Hall–Kier alpha value is -3.95. The molecule has 1 saturated heterocycles. The second-order valence-electron chi connectivity index (χ2n) is 9.51. The molecule has 1 fully saturated rings. The fourth-order valence-corrected chi connectivity index (χ4v) is 4.69. The van der Waals surface area contributed by atoms with E-state index in [0.717, 1.165) is 24.1 Å². The van der Waals surface area contributed by atoms with Crippen LogP contribution in [0.5, 0.6) is 5.75 Å². The quantitative estimate of drug-likeness (QED) is 0.301. The zero-order valence-electron chi connectivity index (χ0n) is 20.2. The highest BCUT2D eigenvalue weighted by Crippen LogP contribution is 2.33. The zero-order valence-corrected chi connectivity index (χ0v) is 20.2. The predicted molar refractivity (Wildman–Crippen MR) is 129 cm³/mol. The fraction of sp³-hybridized carbons (Fsp3) is 0.296. The molecule has 0 bridgehead atoms. The van der Waals surface area contributed by atoms with E-state index in [1.165, 1.54) is 30.5 Å². The summed E-state index contributed by atoms with van der Waals surface area (Å²) in [6.45, 7) is 3.88. The number of imidazole rings is 1. The van der Waals surface area contributed by atoms with Crippen LogP contribution in [0, 0.1) is 0 Å². The molecular formula is C27H24F4N4O2. The second-order valence-corrected chi connectivity index (χ2v) is 9.51. The molecule has 0 radical (unpaired) electrons. The van der Waals surface area contributed by atoms with Crippen LogP contribution in [0.15, 0.2) is 67.0 Å². The van der Waals surface area contributed by atoms with Crippen molar-refractivity contribution in [2.75, 3.05) is 13.1 Å². The number of amides is 1. The van der Waals surface area contributed by atoms with Crippen LogP contribution in [0.2, 0.25) is 0 Å². The summed E-state index contributed by atoms with van der Waals surface area (Å²) in [6, 6.07) is 14.0. The number of ether oxygens (including phenoxy) is 1. The van der Waals surface area contributed by atoms with Gasteiger partial charge in [-0.3, -0.25) is 14.3 Å². The van der Waals surface area contributed by atoms with Gasteiger partial charge in [0, 0.05) is 42.7 Å². The second kappa shape index (κ2) is 9.17. The van der Waals surface area contributed by atoms with Gasteiger partial charge in [0.05, 0.1) is 11.0 Å². The van der Waals surface area contributed by atoms with Gasteiger partial charge in [-0.2, -0.15) is 0 Å². The van der Waals surface area contributed by atoms with Crippen molar-refractivity contribution in [3.63, 3.8) is 0 Å². The van der Waals surface area contributed by atoms with Crippen molar-refractivity contribution < 1.29 is 27.1 Å². The third-order valence-electron chi connectivity index (χ3n) is 6.39. The lowest BCUT2D eigenvalue weighted by molar-refractivity contribution is -0.274. The average Bonchev–Trinajstić information content (AvgIpc) is 3.49. The highest BCUT2D eigenvalue weighted by Gasteiger charge is 2.32. The molecule has 0 aliphatic carbocycles. The number of alkyl halides is 4. The third-order valence-corrected chi connectivity index (χ3v) is 6.39. The Morgan fingerprint density at radius 2 is 1.81 bits per heavy atom. The van der Waals surface area contributed by atoms with Crippen molar-refractivity contribution >= 4 is 16.9 Å². The Morgan fingerprint density at radius 1 is 1.05 bits per heavy atom. The SMILES string of the molecule is CC(C)(F)c1nc2cc(C(=O)N3CCC(c4cccnc4)C3)ccc2n1-c1ccc(OC(F)(F)F)cc1. The van der Waals surface area contributed by atoms with Crippen molar-refractivity contribution in [3.8, 4) is 11.4 Å². The molecule has 0 N–H and O–H groups in total. The topological polar surface area (TPSA) is 60.2 Å². The normalized spacial score (nSPS) is 16.4. The molecule has 3 heterocycles. The fourth-order valence-electron chi connectivity index (χ4n) is 4.69. The predicted octanol–water partition coefficient (Wildman–Crippen LogP) is 6.15. The van der Waals surface area contributed by atoms with E-state index >= 15 is 4.39 Å². The van der Waals surface area contributed by atoms with E-state index in [1.54, 1.807) is 29.3 Å². The number of hydrogen-bond acceptors (Lipinski definition) is 4. The van der Waals surface area contributed by atoms with Gasteiger partial charge in [0.2, 0.25) is 0 Å². The molecule has 10 heteroatoms. The molecule has 0 spiro atoms. The lowest BCUT2D eigenvalue weighted by Gasteiger charge is -2.18. The van der Waals surface area contributed by atoms with Crippen molar-refractivity contribution in [1.82, 2.24) is 19.4 Å². The molecule has 1 amide bonds. The maximum Gasteiger partial charge on any atom is 0.573 e. The first-order valence-corrected chi connectivity index (χ1v) is 11.8. The maximum atomic E-state index is 15.2. The Bertz CT molecular complexity index is 1430. The van der Waals surface area contributed by atoms with Crippen molar-refractivity contribution in [3.05, 3.63) is 83.9 Å². The van der Waals surface area contributed by atoms with E-state index in [9.17, 15) is 18.0 Å². The standard InChI is InChI=1S/C27H24F4N4O2/c1-26(2,28)25-33-22-14-17(24(36)34-13-11-19(16-34)18-4-3-12-32-15-18)5-10-23(22)35(25)20-6-8-21(9-7-20)37-27(29,30)31/h3-10,12,14-15,19H,11,13,16H2,1-2H3. The van der Waals surface area contributed by atoms with Crippen LogP contribution in [0.3, 0.4) is 0 Å². The molecule has 1 unspecified atom stereocenters. The number of aromatic nitrogens is 3. The first-order chi connectivity index (χ1) is 17.5. The van der Waals surface area contributed by atoms with Gasteiger partial charge in [0.1, 0.15) is 5.75 Å². The van der Waals surface area contributed by atoms with Crippen molar-refractivity contribution in [1.29, 1.82) is 0 Å². The molecule has 4 aromatic rings. The number of carbonyl (C=O) groups excluding carboxylic acids is 1. The number of likely N-dealkylation sites (tertiary alicyclic amines) is 1. The van der Waals surface area contributed by atoms with Crippen molar-refractivity contribution in [2.45, 2.75) is 38.2 Å². The number of halogens is 4. The van der Waals surface area contributed by atoms with Crippen molar-refractivity contribution in [2.24, 2.45) is 0 Å². The number of rotatable bonds is 5. The average molecular weight is 513 g/mol. The van der Waals surface area contributed by atoms with E-state index in [0.29, 0.717) is 35.4 Å². The Balaban J connectivity index is 1.46. The zero-order chi connectivity index (χ0) is 26.4. The molecule has 0 saturated carbocycles. The molecule has 6 nitrogen and oxygen atoms in total. The number of fused-ring (bicyclic) bond motifs is 1. The van der Waals surface area contributed by atoms with Gasteiger partial charge in [-0.25, -0.2) is 9.37 Å². The van der Waals surface area contributed by atoms with E-state index in [2.05, 4.69) is 14.7 Å². The van der Waals surface area contributed by atoms with Crippen LogP contribution in [0.25, 0.3) is 16.7 Å².